The molecule has 0 saturated carbocycles. The average molecular weight is 599 g/mol. The van der Waals surface area contributed by atoms with Gasteiger partial charge in [0, 0.05) is 0 Å². The Morgan fingerprint density at radius 3 is 2.38 bits per heavy atom. The van der Waals surface area contributed by atoms with Crippen molar-refractivity contribution < 1.29 is 48.4 Å². The van der Waals surface area contributed by atoms with Crippen molar-refractivity contribution in [1.82, 2.24) is 19.7 Å². The van der Waals surface area contributed by atoms with Crippen LogP contribution < -0.4 is 4.90 Å². The number of aliphatic hydroxyl groups excluding tert-OH is 2. The van der Waals surface area contributed by atoms with Crippen molar-refractivity contribution in [2.24, 2.45) is 0 Å². The molecule has 17 heteroatoms. The lowest BCUT2D eigenvalue weighted by atomic mass is 9.85. The maximum atomic E-state index is 12.1. The molecule has 2 aliphatic rings. The van der Waals surface area contributed by atoms with Gasteiger partial charge in [-0.15, -0.1) is 0 Å². The molecular formula is C23H31N5O10P2. The van der Waals surface area contributed by atoms with E-state index in [2.05, 4.69) is 15.1 Å². The van der Waals surface area contributed by atoms with Crippen LogP contribution in [0.4, 0.5) is 5.82 Å². The molecule has 0 radical (unpaired) electrons. The SMILES string of the molecule is Cc1ccc(C2(O)CN(c3nc(C)nc4c3cnn4[C@@H]3OC(C)(COP(=O)(O)CP(=O)(O)O)[C@@H](O)[C@H]3O)C2)cc1. The summed E-state index contributed by atoms with van der Waals surface area (Å²) < 4.78 is 35.2. The van der Waals surface area contributed by atoms with Gasteiger partial charge in [-0.2, -0.15) is 5.10 Å². The number of benzene rings is 1. The molecule has 0 spiro atoms. The Morgan fingerprint density at radius 2 is 1.75 bits per heavy atom. The summed E-state index contributed by atoms with van der Waals surface area (Å²) in [5.74, 6) is -0.507. The molecule has 0 bridgehead atoms. The minimum absolute atomic E-state index is 0.277. The van der Waals surface area contributed by atoms with Crippen LogP contribution in [0.25, 0.3) is 11.0 Å². The molecule has 2 aromatic heterocycles. The van der Waals surface area contributed by atoms with Gasteiger partial charge >= 0.3 is 15.2 Å². The predicted octanol–water partition coefficient (Wildman–Crippen LogP) is 0.497. The monoisotopic (exact) mass is 599 g/mol. The second kappa shape index (κ2) is 9.92. The smallest absolute Gasteiger partial charge is 0.340 e. The Kier molecular flexibility index (Phi) is 7.24. The number of anilines is 1. The molecule has 4 heterocycles. The Bertz CT molecular complexity index is 1520. The lowest BCUT2D eigenvalue weighted by Gasteiger charge is -2.47. The van der Waals surface area contributed by atoms with Crippen LogP contribution in [0.1, 0.15) is 30.1 Å². The van der Waals surface area contributed by atoms with Gasteiger partial charge in [0.15, 0.2) is 17.8 Å². The zero-order valence-electron chi connectivity index (χ0n) is 21.9. The first-order chi connectivity index (χ1) is 18.5. The molecule has 1 aromatic carbocycles. The number of hydrogen-bond acceptors (Lipinski definition) is 11. The minimum atomic E-state index is -4.86. The van der Waals surface area contributed by atoms with E-state index < -0.39 is 57.3 Å². The number of aryl methyl sites for hydroxylation is 2. The number of hydrogen-bond donors (Lipinski definition) is 6. The van der Waals surface area contributed by atoms with Crippen LogP contribution in [0.2, 0.25) is 0 Å². The van der Waals surface area contributed by atoms with E-state index in [-0.39, 0.29) is 18.7 Å². The number of aromatic nitrogens is 4. The normalized spacial score (nSPS) is 28.0. The summed E-state index contributed by atoms with van der Waals surface area (Å²) in [5, 5.41) is 37.5. The van der Waals surface area contributed by atoms with E-state index in [9.17, 15) is 29.3 Å². The highest BCUT2D eigenvalue weighted by Crippen LogP contribution is 2.56. The van der Waals surface area contributed by atoms with Crippen LogP contribution in [0.5, 0.6) is 0 Å². The van der Waals surface area contributed by atoms with Crippen LogP contribution in [0, 0.1) is 13.8 Å². The van der Waals surface area contributed by atoms with Crippen LogP contribution in [-0.4, -0.2) is 93.2 Å². The Labute approximate surface area is 228 Å². The first kappa shape index (κ1) is 29.2. The summed E-state index contributed by atoms with van der Waals surface area (Å²) in [6.07, 6.45) is -2.99. The number of nitrogens with zero attached hydrogens (tertiary/aromatic N) is 5. The molecular weight excluding hydrogens is 568 g/mol. The third kappa shape index (κ3) is 5.47. The van der Waals surface area contributed by atoms with Crippen molar-refractivity contribution in [3.8, 4) is 0 Å². The molecule has 2 aliphatic heterocycles. The molecule has 0 aliphatic carbocycles. The van der Waals surface area contributed by atoms with Gasteiger partial charge in [-0.3, -0.25) is 9.13 Å². The van der Waals surface area contributed by atoms with Crippen LogP contribution in [-0.2, 0) is 24.0 Å². The van der Waals surface area contributed by atoms with Gasteiger partial charge in [-0.05, 0) is 26.3 Å². The summed E-state index contributed by atoms with van der Waals surface area (Å²) in [7, 11) is -9.60. The second-order valence-electron chi connectivity index (χ2n) is 10.6. The molecule has 40 heavy (non-hydrogen) atoms. The maximum Gasteiger partial charge on any atom is 0.340 e. The summed E-state index contributed by atoms with van der Waals surface area (Å²) in [5.41, 5.74) is -0.637. The van der Waals surface area contributed by atoms with Crippen molar-refractivity contribution in [1.29, 1.82) is 0 Å². The molecule has 6 N–H and O–H groups in total. The fraction of sp³-hybridized carbons (Fsp3) is 0.522. The highest BCUT2D eigenvalue weighted by Gasteiger charge is 2.54. The van der Waals surface area contributed by atoms with Crippen molar-refractivity contribution in [3.05, 3.63) is 47.4 Å². The Morgan fingerprint density at radius 1 is 1.10 bits per heavy atom. The lowest BCUT2D eigenvalue weighted by molar-refractivity contribution is -0.115. The number of fused-ring (bicyclic) bond motifs is 1. The van der Waals surface area contributed by atoms with Crippen LogP contribution in [0.15, 0.2) is 30.5 Å². The molecule has 2 unspecified atom stereocenters. The largest absolute Gasteiger partial charge is 0.387 e. The van der Waals surface area contributed by atoms with Gasteiger partial charge in [-0.1, -0.05) is 29.8 Å². The van der Waals surface area contributed by atoms with Crippen LogP contribution >= 0.6 is 15.2 Å². The van der Waals surface area contributed by atoms with E-state index in [0.717, 1.165) is 11.1 Å². The van der Waals surface area contributed by atoms with E-state index >= 15 is 0 Å². The molecule has 5 rings (SSSR count). The second-order valence-corrected chi connectivity index (χ2v) is 14.6. The molecule has 15 nitrogen and oxygen atoms in total. The molecule has 2 fully saturated rings. The molecule has 2 saturated heterocycles. The van der Waals surface area contributed by atoms with Crippen molar-refractivity contribution in [2.45, 2.75) is 50.4 Å². The minimum Gasteiger partial charge on any atom is -0.387 e. The molecule has 218 valence electrons. The van der Waals surface area contributed by atoms with Gasteiger partial charge in [0.25, 0.3) is 0 Å². The van der Waals surface area contributed by atoms with Crippen molar-refractivity contribution in [2.75, 3.05) is 30.5 Å². The van der Waals surface area contributed by atoms with Crippen LogP contribution in [0.3, 0.4) is 0 Å². The fourth-order valence-corrected chi connectivity index (χ4v) is 7.62. The first-order valence-corrected chi connectivity index (χ1v) is 15.9. The third-order valence-corrected chi connectivity index (χ3v) is 10.6. The number of ether oxygens (including phenoxy) is 1. The lowest BCUT2D eigenvalue weighted by Crippen LogP contribution is -2.60. The third-order valence-electron chi connectivity index (χ3n) is 7.13. The summed E-state index contributed by atoms with van der Waals surface area (Å²) in [4.78, 5) is 38.7. The topological polar surface area (TPSA) is 221 Å². The van der Waals surface area contributed by atoms with E-state index in [1.807, 2.05) is 36.1 Å². The van der Waals surface area contributed by atoms with E-state index in [4.69, 9.17) is 19.0 Å². The number of rotatable bonds is 8. The van der Waals surface area contributed by atoms with Gasteiger partial charge in [0.1, 0.15) is 35.1 Å². The molecule has 5 atom stereocenters. The summed E-state index contributed by atoms with van der Waals surface area (Å²) in [6, 6.07) is 7.64. The zero-order valence-corrected chi connectivity index (χ0v) is 23.7. The predicted molar refractivity (Wildman–Crippen MR) is 141 cm³/mol. The van der Waals surface area contributed by atoms with E-state index in [1.165, 1.54) is 17.8 Å². The van der Waals surface area contributed by atoms with E-state index in [1.54, 1.807) is 6.92 Å². The van der Waals surface area contributed by atoms with Gasteiger partial charge in [-0.25, -0.2) is 14.6 Å². The quantitative estimate of drug-likeness (QED) is 0.194. The highest BCUT2D eigenvalue weighted by atomic mass is 31.2. The van der Waals surface area contributed by atoms with Gasteiger partial charge < -0.3 is 44.2 Å². The van der Waals surface area contributed by atoms with Crippen molar-refractivity contribution >= 4 is 32.0 Å². The number of β-amino-alcohol motifs (C(OH)–C–C–N with tert-alkyl or cyclic N) is 1. The average Bonchev–Trinajstić information content (AvgIpc) is 3.34. The molecule has 0 amide bonds. The standard InChI is InChI=1S/C23H31N5O10P2/c1-13-4-6-15(7-5-13)23(31)9-27(10-23)19-16-8-24-28(20(16)26-14(2)25-19)21-17(29)18(30)22(3,38-21)11-37-40(35,36)12-39(32,33)34/h4-8,17-18,21,29-31H,9-12H2,1-3H3,(H,35,36)(H2,32,33,34)/t17-,18+,21-,22?/m1/s1. The first-order valence-electron chi connectivity index (χ1n) is 12.3. The summed E-state index contributed by atoms with van der Waals surface area (Å²) >= 11 is 0. The zero-order chi connectivity index (χ0) is 29.3. The number of aliphatic hydroxyl groups is 3. The highest BCUT2D eigenvalue weighted by molar-refractivity contribution is 7.70. The fourth-order valence-electron chi connectivity index (χ4n) is 4.97. The Hall–Kier alpha value is -2.29. The van der Waals surface area contributed by atoms with E-state index in [0.29, 0.717) is 17.0 Å². The summed E-state index contributed by atoms with van der Waals surface area (Å²) in [6.45, 7) is 4.76. The van der Waals surface area contributed by atoms with Gasteiger partial charge in [0.2, 0.25) is 0 Å². The van der Waals surface area contributed by atoms with Gasteiger partial charge in [0.05, 0.1) is 31.3 Å². The maximum absolute atomic E-state index is 12.1. The van der Waals surface area contributed by atoms with Crippen molar-refractivity contribution in [3.63, 3.8) is 0 Å². The molecule has 3 aromatic rings. The Balaban J connectivity index is 1.38.